The SMILES string of the molecule is CCCN(Cc1cccn1Cc1ccc(C(=O)N2CCN(CC)CC2)o1)C(=O)c1ccccc1F. The molecule has 3 aromatic rings. The molecule has 0 bridgehead atoms. The van der Waals surface area contributed by atoms with Gasteiger partial charge in [-0.15, -0.1) is 0 Å². The number of carbonyl (C=O) groups is 2. The van der Waals surface area contributed by atoms with E-state index in [-0.39, 0.29) is 17.4 Å². The number of hydrogen-bond donors (Lipinski definition) is 0. The Morgan fingerprint density at radius 1 is 1.00 bits per heavy atom. The van der Waals surface area contributed by atoms with E-state index in [0.29, 0.717) is 44.2 Å². The number of nitrogens with zero attached hydrogens (tertiary/aromatic N) is 4. The van der Waals surface area contributed by atoms with Crippen LogP contribution in [0.3, 0.4) is 0 Å². The first kappa shape index (κ1) is 24.7. The number of benzene rings is 1. The van der Waals surface area contributed by atoms with Gasteiger partial charge in [-0.05, 0) is 49.4 Å². The Hall–Kier alpha value is -3.39. The Morgan fingerprint density at radius 3 is 2.49 bits per heavy atom. The molecule has 1 aromatic carbocycles. The van der Waals surface area contributed by atoms with Crippen molar-refractivity contribution in [2.24, 2.45) is 0 Å². The van der Waals surface area contributed by atoms with Gasteiger partial charge in [-0.1, -0.05) is 26.0 Å². The summed E-state index contributed by atoms with van der Waals surface area (Å²) in [6.07, 6.45) is 2.68. The Balaban J connectivity index is 1.43. The van der Waals surface area contributed by atoms with Crippen molar-refractivity contribution in [1.82, 2.24) is 19.3 Å². The maximum absolute atomic E-state index is 14.2. The van der Waals surface area contributed by atoms with Crippen molar-refractivity contribution in [2.45, 2.75) is 33.4 Å². The zero-order valence-electron chi connectivity index (χ0n) is 20.5. The van der Waals surface area contributed by atoms with Gasteiger partial charge in [-0.2, -0.15) is 0 Å². The maximum atomic E-state index is 14.2. The molecule has 2 amide bonds. The van der Waals surface area contributed by atoms with Crippen LogP contribution in [0.15, 0.2) is 59.1 Å². The van der Waals surface area contributed by atoms with Crippen molar-refractivity contribution in [1.29, 1.82) is 0 Å². The van der Waals surface area contributed by atoms with E-state index in [4.69, 9.17) is 4.42 Å². The summed E-state index contributed by atoms with van der Waals surface area (Å²) in [5, 5.41) is 0. The lowest BCUT2D eigenvalue weighted by Crippen LogP contribution is -2.48. The van der Waals surface area contributed by atoms with Crippen molar-refractivity contribution in [3.63, 3.8) is 0 Å². The molecule has 1 aliphatic rings. The topological polar surface area (TPSA) is 61.9 Å². The molecule has 2 aromatic heterocycles. The molecule has 0 aliphatic carbocycles. The molecule has 7 nitrogen and oxygen atoms in total. The lowest BCUT2D eigenvalue weighted by atomic mass is 10.1. The van der Waals surface area contributed by atoms with Gasteiger partial charge < -0.3 is 23.7 Å². The molecule has 4 rings (SSSR count). The first-order valence-electron chi connectivity index (χ1n) is 12.3. The van der Waals surface area contributed by atoms with Crippen LogP contribution in [-0.2, 0) is 13.1 Å². The van der Waals surface area contributed by atoms with Gasteiger partial charge in [0.25, 0.3) is 11.8 Å². The number of aromatic nitrogens is 1. The molecular formula is C27H33FN4O3. The van der Waals surface area contributed by atoms with Gasteiger partial charge in [0.1, 0.15) is 11.6 Å². The highest BCUT2D eigenvalue weighted by atomic mass is 19.1. The highest BCUT2D eigenvalue weighted by molar-refractivity contribution is 5.94. The van der Waals surface area contributed by atoms with Crippen molar-refractivity contribution in [3.05, 3.63) is 83.3 Å². The first-order chi connectivity index (χ1) is 17.0. The molecule has 1 aliphatic heterocycles. The van der Waals surface area contributed by atoms with E-state index in [1.165, 1.54) is 12.1 Å². The van der Waals surface area contributed by atoms with Gasteiger partial charge in [0.2, 0.25) is 0 Å². The molecule has 186 valence electrons. The third-order valence-corrected chi connectivity index (χ3v) is 6.47. The second kappa shape index (κ2) is 11.4. The number of carbonyl (C=O) groups excluding carboxylic acids is 2. The van der Waals surface area contributed by atoms with Gasteiger partial charge in [0.15, 0.2) is 5.76 Å². The Kier molecular flexibility index (Phi) is 8.02. The molecular weight excluding hydrogens is 447 g/mol. The minimum Gasteiger partial charge on any atom is -0.454 e. The molecule has 8 heteroatoms. The van der Waals surface area contributed by atoms with Crippen molar-refractivity contribution in [3.8, 4) is 0 Å². The number of hydrogen-bond acceptors (Lipinski definition) is 4. The summed E-state index contributed by atoms with van der Waals surface area (Å²) in [5.74, 6) is 0.0930. The van der Waals surface area contributed by atoms with Crippen LogP contribution in [0, 0.1) is 5.82 Å². The summed E-state index contributed by atoms with van der Waals surface area (Å²) in [4.78, 5) is 31.7. The summed E-state index contributed by atoms with van der Waals surface area (Å²) >= 11 is 0. The van der Waals surface area contributed by atoms with Gasteiger partial charge in [-0.3, -0.25) is 9.59 Å². The first-order valence-corrected chi connectivity index (χ1v) is 12.3. The molecule has 35 heavy (non-hydrogen) atoms. The Morgan fingerprint density at radius 2 is 1.77 bits per heavy atom. The summed E-state index contributed by atoms with van der Waals surface area (Å²) in [5.41, 5.74) is 0.983. The van der Waals surface area contributed by atoms with E-state index >= 15 is 0 Å². The Bertz CT molecular complexity index is 1150. The average Bonchev–Trinajstić information content (AvgIpc) is 3.53. The van der Waals surface area contributed by atoms with Crippen LogP contribution in [0.25, 0.3) is 0 Å². The van der Waals surface area contributed by atoms with E-state index in [1.807, 2.05) is 40.8 Å². The number of halogens is 1. The molecule has 1 saturated heterocycles. The lowest BCUT2D eigenvalue weighted by molar-refractivity contribution is 0.0610. The largest absolute Gasteiger partial charge is 0.454 e. The number of rotatable bonds is 9. The highest BCUT2D eigenvalue weighted by Crippen LogP contribution is 2.18. The fraction of sp³-hybridized carbons (Fsp3) is 0.407. The van der Waals surface area contributed by atoms with E-state index < -0.39 is 5.82 Å². The normalized spacial score (nSPS) is 14.3. The van der Waals surface area contributed by atoms with Crippen LogP contribution in [0.5, 0.6) is 0 Å². The third-order valence-electron chi connectivity index (χ3n) is 6.47. The third kappa shape index (κ3) is 5.82. The predicted molar refractivity (Wildman–Crippen MR) is 132 cm³/mol. The fourth-order valence-corrected chi connectivity index (χ4v) is 4.44. The van der Waals surface area contributed by atoms with Crippen LogP contribution in [-0.4, -0.2) is 70.3 Å². The zero-order valence-corrected chi connectivity index (χ0v) is 20.5. The summed E-state index contributed by atoms with van der Waals surface area (Å²) in [7, 11) is 0. The fourth-order valence-electron chi connectivity index (χ4n) is 4.44. The van der Waals surface area contributed by atoms with Gasteiger partial charge in [0, 0.05) is 44.6 Å². The van der Waals surface area contributed by atoms with E-state index in [9.17, 15) is 14.0 Å². The number of furan rings is 1. The molecule has 0 radical (unpaired) electrons. The minimum absolute atomic E-state index is 0.0769. The molecule has 3 heterocycles. The van der Waals surface area contributed by atoms with E-state index in [2.05, 4.69) is 11.8 Å². The molecule has 0 spiro atoms. The molecule has 1 fully saturated rings. The van der Waals surface area contributed by atoms with Crippen LogP contribution in [0.1, 0.15) is 52.6 Å². The average molecular weight is 481 g/mol. The van der Waals surface area contributed by atoms with Gasteiger partial charge >= 0.3 is 0 Å². The lowest BCUT2D eigenvalue weighted by Gasteiger charge is -2.33. The Labute approximate surface area is 205 Å². The predicted octanol–water partition coefficient (Wildman–Crippen LogP) is 4.10. The van der Waals surface area contributed by atoms with Crippen molar-refractivity contribution < 1.29 is 18.4 Å². The van der Waals surface area contributed by atoms with Crippen LogP contribution in [0.4, 0.5) is 4.39 Å². The number of amides is 2. The minimum atomic E-state index is -0.516. The van der Waals surface area contributed by atoms with Crippen molar-refractivity contribution >= 4 is 11.8 Å². The molecule has 0 saturated carbocycles. The van der Waals surface area contributed by atoms with E-state index in [1.54, 1.807) is 23.1 Å². The zero-order chi connectivity index (χ0) is 24.8. The summed E-state index contributed by atoms with van der Waals surface area (Å²) in [6.45, 7) is 9.58. The second-order valence-corrected chi connectivity index (χ2v) is 8.83. The van der Waals surface area contributed by atoms with Crippen LogP contribution >= 0.6 is 0 Å². The smallest absolute Gasteiger partial charge is 0.289 e. The number of likely N-dealkylation sites (N-methyl/N-ethyl adjacent to an activating group) is 1. The monoisotopic (exact) mass is 480 g/mol. The standard InChI is InChI=1S/C27H33FN4O3/c1-3-13-32(26(33)23-9-5-6-10-24(23)28)19-21-8-7-14-31(21)20-22-11-12-25(35-22)27(34)30-17-15-29(4-2)16-18-30/h5-12,14H,3-4,13,15-20H2,1-2H3. The van der Waals surface area contributed by atoms with Crippen LogP contribution in [0.2, 0.25) is 0 Å². The van der Waals surface area contributed by atoms with Gasteiger partial charge in [-0.25, -0.2) is 4.39 Å². The van der Waals surface area contributed by atoms with E-state index in [0.717, 1.165) is 31.7 Å². The molecule has 0 unspecified atom stereocenters. The highest BCUT2D eigenvalue weighted by Gasteiger charge is 2.24. The van der Waals surface area contributed by atoms with Crippen molar-refractivity contribution in [2.75, 3.05) is 39.3 Å². The van der Waals surface area contributed by atoms with Gasteiger partial charge in [0.05, 0.1) is 18.7 Å². The second-order valence-electron chi connectivity index (χ2n) is 8.83. The summed E-state index contributed by atoms with van der Waals surface area (Å²) < 4.78 is 22.1. The number of piperazine rings is 1. The molecule has 0 N–H and O–H groups in total. The summed E-state index contributed by atoms with van der Waals surface area (Å²) in [6, 6.07) is 13.5. The molecule has 0 atom stereocenters. The maximum Gasteiger partial charge on any atom is 0.289 e. The van der Waals surface area contributed by atoms with Crippen LogP contribution < -0.4 is 0 Å². The quantitative estimate of drug-likeness (QED) is 0.463.